The van der Waals surface area contributed by atoms with Gasteiger partial charge in [-0.15, -0.1) is 0 Å². The van der Waals surface area contributed by atoms with Crippen LogP contribution in [0.1, 0.15) is 10.4 Å². The number of rotatable bonds is 3. The number of aromatic carboxylic acids is 1. The lowest BCUT2D eigenvalue weighted by Gasteiger charge is -1.94. The molecule has 17 heavy (non-hydrogen) atoms. The Kier molecular flexibility index (Phi) is 5.66. The summed E-state index contributed by atoms with van der Waals surface area (Å²) < 4.78 is 0. The average Bonchev–Trinajstić information content (AvgIpc) is 2.29. The van der Waals surface area contributed by atoms with E-state index in [0.29, 0.717) is 0 Å². The van der Waals surface area contributed by atoms with Crippen LogP contribution in [-0.4, -0.2) is 27.1 Å². The van der Waals surface area contributed by atoms with Crippen LogP contribution in [0.3, 0.4) is 0 Å². The molecule has 1 rings (SSSR count). The van der Waals surface area contributed by atoms with E-state index >= 15 is 0 Å². The number of carboxylic acid groups (broad SMARTS) is 2. The lowest BCUT2D eigenvalue weighted by Crippen LogP contribution is -2.01. The first-order valence-electron chi connectivity index (χ1n) is 4.22. The smallest absolute Gasteiger partial charge is 0.342 e. The van der Waals surface area contributed by atoms with Gasteiger partial charge in [0.15, 0.2) is 0 Å². The third-order valence-electron chi connectivity index (χ3n) is 1.51. The van der Waals surface area contributed by atoms with Crippen LogP contribution in [0.5, 0.6) is 0 Å². The first-order valence-corrected chi connectivity index (χ1v) is 4.22. The summed E-state index contributed by atoms with van der Waals surface area (Å²) in [6.45, 7) is 2.96. The minimum absolute atomic E-state index is 0.289. The molecule has 0 unspecified atom stereocenters. The fourth-order valence-corrected chi connectivity index (χ4v) is 0.814. The lowest BCUT2D eigenvalue weighted by molar-refractivity contribution is -0.385. The molecule has 1 aromatic rings. The van der Waals surface area contributed by atoms with Crippen LogP contribution < -0.4 is 0 Å². The molecular formula is C10H9NO6. The maximum Gasteiger partial charge on any atom is 0.342 e. The van der Waals surface area contributed by atoms with Crippen molar-refractivity contribution in [1.82, 2.24) is 0 Å². The van der Waals surface area contributed by atoms with Crippen molar-refractivity contribution in [2.75, 3.05) is 0 Å². The van der Waals surface area contributed by atoms with Gasteiger partial charge in [0.05, 0.1) is 4.92 Å². The van der Waals surface area contributed by atoms with Gasteiger partial charge in [-0.25, -0.2) is 9.59 Å². The number of nitro groups is 1. The number of nitrogens with zero attached hydrogens (tertiary/aromatic N) is 1. The molecule has 0 saturated heterocycles. The van der Waals surface area contributed by atoms with E-state index in [1.807, 2.05) is 0 Å². The predicted octanol–water partition coefficient (Wildman–Crippen LogP) is 1.55. The van der Waals surface area contributed by atoms with E-state index in [4.69, 9.17) is 10.2 Å². The second-order valence-corrected chi connectivity index (χ2v) is 2.62. The summed E-state index contributed by atoms with van der Waals surface area (Å²) in [5, 5.41) is 26.4. The standard InChI is InChI=1S/C7H5NO4.C3H4O2/c9-7(10)5-3-1-2-4-6(5)8(11)12;1-2-3(4)5/h1-4H,(H,9,10);2H,1H2,(H,4,5). The number of hydrogen-bond donors (Lipinski definition) is 2. The minimum atomic E-state index is -1.29. The molecule has 0 bridgehead atoms. The summed E-state index contributed by atoms with van der Waals surface area (Å²) in [4.78, 5) is 29.2. The number of carboxylic acids is 2. The molecule has 7 nitrogen and oxygen atoms in total. The number of nitro benzene ring substituents is 1. The molecule has 0 aliphatic heterocycles. The second-order valence-electron chi connectivity index (χ2n) is 2.62. The Balaban J connectivity index is 0.000000437. The van der Waals surface area contributed by atoms with Crippen molar-refractivity contribution in [3.05, 3.63) is 52.6 Å². The van der Waals surface area contributed by atoms with Crippen LogP contribution in [-0.2, 0) is 4.79 Å². The van der Waals surface area contributed by atoms with Crippen LogP contribution in [0.25, 0.3) is 0 Å². The number of para-hydroxylation sites is 1. The molecule has 0 heterocycles. The summed E-state index contributed by atoms with van der Waals surface area (Å²) in [7, 11) is 0. The van der Waals surface area contributed by atoms with Crippen LogP contribution in [0, 0.1) is 10.1 Å². The number of benzene rings is 1. The summed E-state index contributed by atoms with van der Waals surface area (Å²) in [6.07, 6.45) is 0.833. The quantitative estimate of drug-likeness (QED) is 0.469. The molecule has 0 amide bonds. The van der Waals surface area contributed by atoms with E-state index in [1.165, 1.54) is 18.2 Å². The normalized spacial score (nSPS) is 8.47. The van der Waals surface area contributed by atoms with Crippen molar-refractivity contribution in [1.29, 1.82) is 0 Å². The van der Waals surface area contributed by atoms with Crippen molar-refractivity contribution in [3.8, 4) is 0 Å². The molecule has 90 valence electrons. The van der Waals surface area contributed by atoms with Gasteiger partial charge in [0.25, 0.3) is 5.69 Å². The Hall–Kier alpha value is -2.70. The molecule has 0 spiro atoms. The zero-order valence-corrected chi connectivity index (χ0v) is 8.57. The predicted molar refractivity (Wildman–Crippen MR) is 57.9 cm³/mol. The highest BCUT2D eigenvalue weighted by Gasteiger charge is 2.17. The number of hydrogen-bond acceptors (Lipinski definition) is 4. The lowest BCUT2D eigenvalue weighted by atomic mass is 10.2. The van der Waals surface area contributed by atoms with Gasteiger partial charge in [-0.2, -0.15) is 0 Å². The van der Waals surface area contributed by atoms with E-state index < -0.39 is 16.9 Å². The van der Waals surface area contributed by atoms with Crippen LogP contribution in [0.2, 0.25) is 0 Å². The SMILES string of the molecule is C=CC(=O)O.O=C(O)c1ccccc1[N+](=O)[O-]. The van der Waals surface area contributed by atoms with Gasteiger partial charge in [-0.1, -0.05) is 18.7 Å². The molecule has 2 N–H and O–H groups in total. The highest BCUT2D eigenvalue weighted by atomic mass is 16.6. The largest absolute Gasteiger partial charge is 0.478 e. The van der Waals surface area contributed by atoms with Gasteiger partial charge in [0.1, 0.15) is 5.56 Å². The van der Waals surface area contributed by atoms with Crippen molar-refractivity contribution in [2.24, 2.45) is 0 Å². The van der Waals surface area contributed by atoms with Gasteiger partial charge >= 0.3 is 11.9 Å². The maximum atomic E-state index is 10.4. The molecule has 0 radical (unpaired) electrons. The molecule has 1 aromatic carbocycles. The van der Waals surface area contributed by atoms with Crippen molar-refractivity contribution in [3.63, 3.8) is 0 Å². The molecule has 0 atom stereocenters. The Labute approximate surface area is 95.8 Å². The molecule has 0 fully saturated rings. The van der Waals surface area contributed by atoms with Gasteiger partial charge in [0.2, 0.25) is 0 Å². The maximum absolute atomic E-state index is 10.4. The van der Waals surface area contributed by atoms with Gasteiger partial charge in [-0.05, 0) is 6.07 Å². The van der Waals surface area contributed by atoms with Crippen LogP contribution in [0.4, 0.5) is 5.69 Å². The van der Waals surface area contributed by atoms with Crippen molar-refractivity contribution >= 4 is 17.6 Å². The highest BCUT2D eigenvalue weighted by Crippen LogP contribution is 2.16. The topological polar surface area (TPSA) is 118 Å². The fraction of sp³-hybridized carbons (Fsp3) is 0. The second kappa shape index (κ2) is 6.72. The summed E-state index contributed by atoms with van der Waals surface area (Å²) >= 11 is 0. The highest BCUT2D eigenvalue weighted by molar-refractivity contribution is 5.92. The van der Waals surface area contributed by atoms with E-state index in [9.17, 15) is 19.7 Å². The molecule has 0 aliphatic rings. The number of carbonyl (C=O) groups is 2. The first-order chi connectivity index (χ1) is 7.90. The van der Waals surface area contributed by atoms with Gasteiger partial charge < -0.3 is 10.2 Å². The fourth-order valence-electron chi connectivity index (χ4n) is 0.814. The van der Waals surface area contributed by atoms with E-state index in [1.54, 1.807) is 0 Å². The van der Waals surface area contributed by atoms with Crippen LogP contribution in [0.15, 0.2) is 36.9 Å². The zero-order chi connectivity index (χ0) is 13.4. The monoisotopic (exact) mass is 239 g/mol. The molecule has 0 aromatic heterocycles. The Morgan fingerprint density at radius 2 is 1.76 bits per heavy atom. The summed E-state index contributed by atoms with van der Waals surface area (Å²) in [5.41, 5.74) is -0.674. The van der Waals surface area contributed by atoms with Gasteiger partial charge in [-0.3, -0.25) is 10.1 Å². The zero-order valence-electron chi connectivity index (χ0n) is 8.57. The van der Waals surface area contributed by atoms with Crippen LogP contribution >= 0.6 is 0 Å². The molecule has 0 aliphatic carbocycles. The van der Waals surface area contributed by atoms with E-state index in [0.717, 1.165) is 12.1 Å². The van der Waals surface area contributed by atoms with E-state index in [-0.39, 0.29) is 11.3 Å². The van der Waals surface area contributed by atoms with Crippen molar-refractivity contribution in [2.45, 2.75) is 0 Å². The van der Waals surface area contributed by atoms with Gasteiger partial charge in [0, 0.05) is 12.1 Å². The Bertz CT molecular complexity index is 421. The molecular weight excluding hydrogens is 230 g/mol. The average molecular weight is 239 g/mol. The van der Waals surface area contributed by atoms with E-state index in [2.05, 4.69) is 6.58 Å². The Morgan fingerprint density at radius 1 is 1.29 bits per heavy atom. The summed E-state index contributed by atoms with van der Waals surface area (Å²) in [5.74, 6) is -2.27. The Morgan fingerprint density at radius 3 is 2.06 bits per heavy atom. The third kappa shape index (κ3) is 5.07. The summed E-state index contributed by atoms with van der Waals surface area (Å²) in [6, 6.07) is 5.21. The number of aliphatic carboxylic acids is 1. The third-order valence-corrected chi connectivity index (χ3v) is 1.51. The molecule has 7 heteroatoms. The minimum Gasteiger partial charge on any atom is -0.478 e. The molecule has 0 saturated carbocycles. The van der Waals surface area contributed by atoms with Crippen molar-refractivity contribution < 1.29 is 24.7 Å². The first kappa shape index (κ1) is 14.3.